The normalized spacial score (nSPS) is 8.62. The summed E-state index contributed by atoms with van der Waals surface area (Å²) in [6.45, 7) is 4.91. The average molecular weight is 115 g/mol. The van der Waals surface area contributed by atoms with Gasteiger partial charge in [0.25, 0.3) is 0 Å². The third-order valence-corrected chi connectivity index (χ3v) is 0.834. The van der Waals surface area contributed by atoms with Gasteiger partial charge >= 0.3 is 0 Å². The van der Waals surface area contributed by atoms with Crippen LogP contribution in [0, 0.1) is 0 Å². The largest absolute Gasteiger partial charge is 0.502 e. The third kappa shape index (κ3) is 5.50. The Morgan fingerprint density at radius 1 is 1.50 bits per heavy atom. The van der Waals surface area contributed by atoms with E-state index in [1.165, 1.54) is 6.26 Å². The first kappa shape index (κ1) is 7.50. The molecule has 0 aromatic carbocycles. The second kappa shape index (κ2) is 6.50. The van der Waals surface area contributed by atoms with Gasteiger partial charge in [0.15, 0.2) is 0 Å². The molecule has 0 aliphatic carbocycles. The lowest BCUT2D eigenvalue weighted by atomic mass is 10.3. The molecule has 0 aliphatic rings. The van der Waals surface area contributed by atoms with Crippen LogP contribution in [0.2, 0.25) is 0 Å². The van der Waals surface area contributed by atoms with Gasteiger partial charge in [-0.15, -0.1) is 0 Å². The van der Waals surface area contributed by atoms with Crippen LogP contribution in [0.4, 0.5) is 0 Å². The highest BCUT2D eigenvalue weighted by atomic mass is 16.5. The molecule has 0 aromatic rings. The zero-order valence-electron chi connectivity index (χ0n) is 5.10. The van der Waals surface area contributed by atoms with E-state index < -0.39 is 0 Å². The minimum atomic E-state index is 0.750. The van der Waals surface area contributed by atoms with Crippen molar-refractivity contribution in [1.82, 2.24) is 0 Å². The van der Waals surface area contributed by atoms with Crippen LogP contribution in [0.25, 0.3) is 0 Å². The van der Waals surface area contributed by atoms with Crippen molar-refractivity contribution in [2.75, 3.05) is 13.2 Å². The van der Waals surface area contributed by atoms with Crippen LogP contribution in [-0.4, -0.2) is 13.2 Å². The third-order valence-electron chi connectivity index (χ3n) is 0.834. The highest BCUT2D eigenvalue weighted by Gasteiger charge is 1.81. The summed E-state index contributed by atoms with van der Waals surface area (Å²) < 4.78 is 4.84. The van der Waals surface area contributed by atoms with Crippen LogP contribution in [0.1, 0.15) is 12.8 Å². The maximum atomic E-state index is 5.23. The fourth-order valence-corrected chi connectivity index (χ4v) is 0.413. The molecule has 8 heavy (non-hydrogen) atoms. The van der Waals surface area contributed by atoms with Crippen molar-refractivity contribution in [2.24, 2.45) is 5.73 Å². The van der Waals surface area contributed by atoms with E-state index in [0.29, 0.717) is 0 Å². The molecule has 0 bridgehead atoms. The lowest BCUT2D eigenvalue weighted by Gasteiger charge is -1.96. The Labute approximate surface area is 50.3 Å². The van der Waals surface area contributed by atoms with Gasteiger partial charge < -0.3 is 10.5 Å². The number of nitrogens with two attached hydrogens (primary N) is 1. The van der Waals surface area contributed by atoms with Gasteiger partial charge in [-0.05, 0) is 19.4 Å². The van der Waals surface area contributed by atoms with Crippen LogP contribution in [-0.2, 0) is 4.74 Å². The van der Waals surface area contributed by atoms with Gasteiger partial charge in [-0.1, -0.05) is 6.58 Å². The van der Waals surface area contributed by atoms with Crippen molar-refractivity contribution in [3.63, 3.8) is 0 Å². The Morgan fingerprint density at radius 3 is 2.75 bits per heavy atom. The van der Waals surface area contributed by atoms with E-state index in [1.54, 1.807) is 0 Å². The van der Waals surface area contributed by atoms with Crippen molar-refractivity contribution in [3.8, 4) is 0 Å². The lowest BCUT2D eigenvalue weighted by molar-refractivity contribution is 0.244. The smallest absolute Gasteiger partial charge is 0.0873 e. The Kier molecular flexibility index (Phi) is 6.09. The monoisotopic (exact) mass is 115 g/mol. The van der Waals surface area contributed by atoms with Gasteiger partial charge in [0.05, 0.1) is 12.9 Å². The maximum Gasteiger partial charge on any atom is 0.0873 e. The lowest BCUT2D eigenvalue weighted by Crippen LogP contribution is -1.99. The molecule has 2 nitrogen and oxygen atoms in total. The van der Waals surface area contributed by atoms with Crippen molar-refractivity contribution in [1.29, 1.82) is 0 Å². The molecule has 0 aromatic heterocycles. The molecule has 0 rings (SSSR count). The molecule has 2 N–H and O–H groups in total. The second-order valence-electron chi connectivity index (χ2n) is 1.53. The minimum Gasteiger partial charge on any atom is -0.502 e. The second-order valence-corrected chi connectivity index (χ2v) is 1.53. The van der Waals surface area contributed by atoms with Crippen LogP contribution in [0.5, 0.6) is 0 Å². The summed E-state index contributed by atoms with van der Waals surface area (Å²) >= 11 is 0. The Hall–Kier alpha value is -0.500. The fourth-order valence-electron chi connectivity index (χ4n) is 0.413. The SMILES string of the molecule is C=COCCCCN. The van der Waals surface area contributed by atoms with Gasteiger partial charge in [-0.2, -0.15) is 0 Å². The van der Waals surface area contributed by atoms with E-state index in [4.69, 9.17) is 10.5 Å². The molecule has 0 fully saturated rings. The summed E-state index contributed by atoms with van der Waals surface area (Å²) in [4.78, 5) is 0. The molecular weight excluding hydrogens is 102 g/mol. The maximum absolute atomic E-state index is 5.23. The molecule has 0 atom stereocenters. The van der Waals surface area contributed by atoms with Crippen LogP contribution in [0.15, 0.2) is 12.8 Å². The summed E-state index contributed by atoms with van der Waals surface area (Å²) in [7, 11) is 0. The van der Waals surface area contributed by atoms with E-state index in [-0.39, 0.29) is 0 Å². The van der Waals surface area contributed by atoms with Crippen LogP contribution >= 0.6 is 0 Å². The topological polar surface area (TPSA) is 35.2 Å². The van der Waals surface area contributed by atoms with Crippen molar-refractivity contribution >= 4 is 0 Å². The van der Waals surface area contributed by atoms with Gasteiger partial charge in [0.2, 0.25) is 0 Å². The van der Waals surface area contributed by atoms with Gasteiger partial charge in [0.1, 0.15) is 0 Å². The van der Waals surface area contributed by atoms with Crippen molar-refractivity contribution in [3.05, 3.63) is 12.8 Å². The summed E-state index contributed by atoms with van der Waals surface area (Å²) in [5.41, 5.74) is 5.23. The zero-order valence-corrected chi connectivity index (χ0v) is 5.10. The van der Waals surface area contributed by atoms with Gasteiger partial charge in [0, 0.05) is 0 Å². The summed E-state index contributed by atoms with van der Waals surface area (Å²) in [5, 5.41) is 0. The standard InChI is InChI=1S/C6H13NO/c1-2-8-6-4-3-5-7/h2H,1,3-7H2. The molecule has 0 heterocycles. The van der Waals surface area contributed by atoms with E-state index >= 15 is 0 Å². The quantitative estimate of drug-likeness (QED) is 0.426. The van der Waals surface area contributed by atoms with E-state index in [9.17, 15) is 0 Å². The Bertz CT molecular complexity index is 54.5. The van der Waals surface area contributed by atoms with Crippen molar-refractivity contribution < 1.29 is 4.74 Å². The summed E-state index contributed by atoms with van der Waals surface area (Å²) in [6, 6.07) is 0. The first-order chi connectivity index (χ1) is 3.91. The molecule has 0 saturated carbocycles. The highest BCUT2D eigenvalue weighted by Crippen LogP contribution is 1.86. The summed E-state index contributed by atoms with van der Waals surface area (Å²) in [6.07, 6.45) is 3.52. The van der Waals surface area contributed by atoms with Crippen LogP contribution in [0.3, 0.4) is 0 Å². The predicted molar refractivity (Wildman–Crippen MR) is 34.4 cm³/mol. The number of hydrogen-bond donors (Lipinski definition) is 1. The molecular formula is C6H13NO. The molecule has 48 valence electrons. The molecule has 0 radical (unpaired) electrons. The summed E-state index contributed by atoms with van der Waals surface area (Å²) in [5.74, 6) is 0. The first-order valence-electron chi connectivity index (χ1n) is 2.84. The zero-order chi connectivity index (χ0) is 6.24. The number of rotatable bonds is 5. The number of ether oxygens (including phenoxy) is 1. The Balaban J connectivity index is 2.62. The Morgan fingerprint density at radius 2 is 2.25 bits per heavy atom. The van der Waals surface area contributed by atoms with Gasteiger partial charge in [-0.3, -0.25) is 0 Å². The number of hydrogen-bond acceptors (Lipinski definition) is 2. The molecule has 0 spiro atoms. The van der Waals surface area contributed by atoms with E-state index in [2.05, 4.69) is 6.58 Å². The van der Waals surface area contributed by atoms with E-state index in [0.717, 1.165) is 26.0 Å². The highest BCUT2D eigenvalue weighted by molar-refractivity contribution is 4.48. The number of unbranched alkanes of at least 4 members (excludes halogenated alkanes) is 1. The minimum absolute atomic E-state index is 0.750. The molecule has 0 aliphatic heterocycles. The van der Waals surface area contributed by atoms with Crippen molar-refractivity contribution in [2.45, 2.75) is 12.8 Å². The fraction of sp³-hybridized carbons (Fsp3) is 0.667. The molecule has 0 unspecified atom stereocenters. The van der Waals surface area contributed by atoms with Crippen LogP contribution < -0.4 is 5.73 Å². The molecule has 0 amide bonds. The van der Waals surface area contributed by atoms with Gasteiger partial charge in [-0.25, -0.2) is 0 Å². The van der Waals surface area contributed by atoms with E-state index in [1.807, 2.05) is 0 Å². The predicted octanol–water partition coefficient (Wildman–Crippen LogP) is 0.885. The average Bonchev–Trinajstić information content (AvgIpc) is 1.81. The first-order valence-corrected chi connectivity index (χ1v) is 2.84. The molecule has 2 heteroatoms. The molecule has 0 saturated heterocycles.